The van der Waals surface area contributed by atoms with Gasteiger partial charge in [-0.3, -0.25) is 9.59 Å². The van der Waals surface area contributed by atoms with Gasteiger partial charge in [0.2, 0.25) is 11.8 Å². The molecule has 0 unspecified atom stereocenters. The van der Waals surface area contributed by atoms with Gasteiger partial charge in [-0.05, 0) is 84.6 Å². The number of hydrogen-bond donors (Lipinski definition) is 2. The molecule has 0 aromatic heterocycles. The van der Waals surface area contributed by atoms with E-state index in [4.69, 9.17) is 4.74 Å². The number of halogens is 1. The third-order valence-electron chi connectivity index (χ3n) is 4.71. The first kappa shape index (κ1) is 23.2. The molecule has 0 aliphatic rings. The van der Waals surface area contributed by atoms with Crippen LogP contribution in [0.4, 0.5) is 5.69 Å². The van der Waals surface area contributed by atoms with Crippen molar-refractivity contribution in [3.63, 3.8) is 0 Å². The average molecular weight is 494 g/mol. The van der Waals surface area contributed by atoms with Crippen molar-refractivity contribution in [2.75, 3.05) is 5.32 Å². The van der Waals surface area contributed by atoms with Crippen molar-refractivity contribution in [1.29, 1.82) is 0 Å². The van der Waals surface area contributed by atoms with Crippen LogP contribution in [-0.4, -0.2) is 18.0 Å². The van der Waals surface area contributed by atoms with Crippen LogP contribution in [-0.2, 0) is 16.2 Å². The Balaban J connectivity index is 1.42. The second-order valence-electron chi connectivity index (χ2n) is 7.30. The first-order chi connectivity index (χ1) is 15.4. The van der Waals surface area contributed by atoms with E-state index in [2.05, 4.69) is 31.8 Å². The molecule has 3 rings (SSSR count). The van der Waals surface area contributed by atoms with Crippen molar-refractivity contribution in [1.82, 2.24) is 5.43 Å². The van der Waals surface area contributed by atoms with Gasteiger partial charge >= 0.3 is 0 Å². The molecule has 0 radical (unpaired) electrons. The van der Waals surface area contributed by atoms with Crippen molar-refractivity contribution in [2.45, 2.75) is 26.9 Å². The van der Waals surface area contributed by atoms with Crippen LogP contribution in [0.1, 0.15) is 28.7 Å². The molecule has 2 N–H and O–H groups in total. The Hall–Kier alpha value is -3.45. The van der Waals surface area contributed by atoms with Crippen LogP contribution < -0.4 is 15.5 Å². The van der Waals surface area contributed by atoms with E-state index in [1.807, 2.05) is 80.6 Å². The minimum absolute atomic E-state index is 0.312. The monoisotopic (exact) mass is 493 g/mol. The van der Waals surface area contributed by atoms with E-state index in [9.17, 15) is 9.59 Å². The predicted octanol–water partition coefficient (Wildman–Crippen LogP) is 5.12. The van der Waals surface area contributed by atoms with Gasteiger partial charge in [0.15, 0.2) is 0 Å². The van der Waals surface area contributed by atoms with Gasteiger partial charge in [0.05, 0.1) is 6.21 Å². The van der Waals surface area contributed by atoms with Crippen LogP contribution in [0.15, 0.2) is 76.3 Å². The third kappa shape index (κ3) is 7.35. The molecule has 6 nitrogen and oxygen atoms in total. The van der Waals surface area contributed by atoms with E-state index in [0.717, 1.165) is 32.5 Å². The Labute approximate surface area is 195 Å². The first-order valence-corrected chi connectivity index (χ1v) is 10.8. The van der Waals surface area contributed by atoms with Gasteiger partial charge in [0, 0.05) is 10.2 Å². The zero-order chi connectivity index (χ0) is 22.9. The number of aryl methyl sites for hydroxylation is 2. The summed E-state index contributed by atoms with van der Waals surface area (Å²) < 4.78 is 6.79. The zero-order valence-corrected chi connectivity index (χ0v) is 19.5. The van der Waals surface area contributed by atoms with Gasteiger partial charge < -0.3 is 10.1 Å². The molecule has 0 aliphatic carbocycles. The molecular formula is C25H24BrN3O3. The Bertz CT molecular complexity index is 1110. The lowest BCUT2D eigenvalue weighted by molar-refractivity contribution is -0.126. The van der Waals surface area contributed by atoms with Crippen molar-refractivity contribution < 1.29 is 14.3 Å². The number of ether oxygens (including phenoxy) is 1. The number of hydrazone groups is 1. The normalized spacial score (nSPS) is 10.7. The van der Waals surface area contributed by atoms with Crippen LogP contribution in [0.25, 0.3) is 0 Å². The summed E-state index contributed by atoms with van der Waals surface area (Å²) in [5.41, 5.74) is 7.11. The maximum Gasteiger partial charge on any atom is 0.249 e. The number of nitrogens with one attached hydrogen (secondary N) is 2. The van der Waals surface area contributed by atoms with Crippen molar-refractivity contribution in [2.24, 2.45) is 5.10 Å². The molecule has 164 valence electrons. The van der Waals surface area contributed by atoms with Crippen LogP contribution in [0.2, 0.25) is 0 Å². The minimum Gasteiger partial charge on any atom is -0.489 e. The molecule has 3 aromatic carbocycles. The fourth-order valence-electron chi connectivity index (χ4n) is 2.79. The van der Waals surface area contributed by atoms with E-state index in [1.54, 1.807) is 0 Å². The second kappa shape index (κ2) is 11.2. The average Bonchev–Trinajstić information content (AvgIpc) is 2.77. The van der Waals surface area contributed by atoms with E-state index in [1.165, 1.54) is 6.21 Å². The summed E-state index contributed by atoms with van der Waals surface area (Å²) in [6, 6.07) is 20.9. The maximum absolute atomic E-state index is 12.0. The number of amides is 2. The van der Waals surface area contributed by atoms with Gasteiger partial charge in [-0.2, -0.15) is 5.10 Å². The quantitative estimate of drug-likeness (QED) is 0.259. The summed E-state index contributed by atoms with van der Waals surface area (Å²) in [5, 5.41) is 6.62. The predicted molar refractivity (Wildman–Crippen MR) is 130 cm³/mol. The van der Waals surface area contributed by atoms with Crippen molar-refractivity contribution >= 4 is 39.6 Å². The van der Waals surface area contributed by atoms with Crippen molar-refractivity contribution in [3.05, 3.63) is 93.5 Å². The number of anilines is 1. The molecule has 3 aromatic rings. The standard InChI is InChI=1S/C25H24BrN3O3/c1-17-3-10-22(13-18(17)2)28-24(30)14-25(31)29-27-15-19-6-11-23(12-7-19)32-16-20-4-8-21(26)9-5-20/h3-13,15H,14,16H2,1-2H3,(H,28,30)(H,29,31). The zero-order valence-electron chi connectivity index (χ0n) is 17.9. The largest absolute Gasteiger partial charge is 0.489 e. The van der Waals surface area contributed by atoms with Crippen LogP contribution in [0.3, 0.4) is 0 Å². The number of benzene rings is 3. The minimum atomic E-state index is -0.489. The SMILES string of the molecule is Cc1ccc(NC(=O)CC(=O)NN=Cc2ccc(OCc3ccc(Br)cc3)cc2)cc1C. The number of carbonyl (C=O) groups excluding carboxylic acids is 2. The fraction of sp³-hybridized carbons (Fsp3) is 0.160. The molecule has 2 amide bonds. The van der Waals surface area contributed by atoms with Crippen LogP contribution in [0, 0.1) is 13.8 Å². The first-order valence-electron chi connectivity index (χ1n) is 10.1. The van der Waals surface area contributed by atoms with E-state index >= 15 is 0 Å². The number of carbonyl (C=O) groups is 2. The van der Waals surface area contributed by atoms with Gasteiger partial charge in [-0.1, -0.05) is 34.1 Å². The molecule has 0 saturated heterocycles. The number of rotatable bonds is 8. The van der Waals surface area contributed by atoms with Crippen molar-refractivity contribution in [3.8, 4) is 5.75 Å². The van der Waals surface area contributed by atoms with Crippen LogP contribution >= 0.6 is 15.9 Å². The molecule has 0 aliphatic heterocycles. The van der Waals surface area contributed by atoms with Gasteiger partial charge in [-0.25, -0.2) is 5.43 Å². The molecule has 0 spiro atoms. The topological polar surface area (TPSA) is 79.8 Å². The maximum atomic E-state index is 12.0. The second-order valence-corrected chi connectivity index (χ2v) is 8.22. The highest BCUT2D eigenvalue weighted by molar-refractivity contribution is 9.10. The van der Waals surface area contributed by atoms with Gasteiger partial charge in [0.1, 0.15) is 18.8 Å². The van der Waals surface area contributed by atoms with Crippen LogP contribution in [0.5, 0.6) is 5.75 Å². The molecule has 0 saturated carbocycles. The summed E-state index contributed by atoms with van der Waals surface area (Å²) in [6.07, 6.45) is 1.20. The lowest BCUT2D eigenvalue weighted by Gasteiger charge is -2.07. The molecule has 7 heteroatoms. The van der Waals surface area contributed by atoms with E-state index in [-0.39, 0.29) is 6.42 Å². The summed E-state index contributed by atoms with van der Waals surface area (Å²) >= 11 is 3.41. The Morgan fingerprint density at radius 1 is 0.938 bits per heavy atom. The molecule has 0 fully saturated rings. The molecule has 0 heterocycles. The number of hydrogen-bond acceptors (Lipinski definition) is 4. The summed E-state index contributed by atoms with van der Waals surface area (Å²) in [4.78, 5) is 24.0. The lowest BCUT2D eigenvalue weighted by atomic mass is 10.1. The molecule has 0 atom stereocenters. The third-order valence-corrected chi connectivity index (χ3v) is 5.24. The fourth-order valence-corrected chi connectivity index (χ4v) is 3.05. The summed E-state index contributed by atoms with van der Waals surface area (Å²) in [6.45, 7) is 4.44. The summed E-state index contributed by atoms with van der Waals surface area (Å²) in [7, 11) is 0. The van der Waals surface area contributed by atoms with Gasteiger partial charge in [0.25, 0.3) is 0 Å². The highest BCUT2D eigenvalue weighted by Crippen LogP contribution is 2.16. The summed E-state index contributed by atoms with van der Waals surface area (Å²) in [5.74, 6) is -0.151. The molecule has 32 heavy (non-hydrogen) atoms. The lowest BCUT2D eigenvalue weighted by Crippen LogP contribution is -2.24. The number of nitrogens with zero attached hydrogens (tertiary/aromatic N) is 1. The Morgan fingerprint density at radius 3 is 2.34 bits per heavy atom. The Morgan fingerprint density at radius 2 is 1.66 bits per heavy atom. The van der Waals surface area contributed by atoms with Gasteiger partial charge in [-0.15, -0.1) is 0 Å². The Kier molecular flexibility index (Phi) is 8.16. The highest BCUT2D eigenvalue weighted by atomic mass is 79.9. The van der Waals surface area contributed by atoms with E-state index in [0.29, 0.717) is 12.3 Å². The molecule has 0 bridgehead atoms. The highest BCUT2D eigenvalue weighted by Gasteiger charge is 2.09. The van der Waals surface area contributed by atoms with E-state index < -0.39 is 11.8 Å². The molecular weight excluding hydrogens is 470 g/mol. The smallest absolute Gasteiger partial charge is 0.249 e.